The van der Waals surface area contributed by atoms with Crippen LogP contribution < -0.4 is 10.6 Å². The second-order valence-corrected chi connectivity index (χ2v) is 14.9. The molecule has 0 N–H and O–H groups in total. The maximum atomic E-state index is 15.9. The third kappa shape index (κ3) is 3.60. The van der Waals surface area contributed by atoms with Crippen molar-refractivity contribution in [2.45, 2.75) is 43.3 Å². The lowest BCUT2D eigenvalue weighted by Crippen LogP contribution is -2.47. The fourth-order valence-corrected chi connectivity index (χ4v) is 11.1. The molecular formula is C40H35O2P. The van der Waals surface area contributed by atoms with E-state index in [2.05, 4.69) is 90.7 Å². The van der Waals surface area contributed by atoms with Crippen molar-refractivity contribution in [2.75, 3.05) is 0 Å². The summed E-state index contributed by atoms with van der Waals surface area (Å²) in [5.74, 6) is 2.20. The smallest absolute Gasteiger partial charge is 0.164 e. The molecule has 5 aromatic rings. The molecule has 3 aliphatic rings. The first-order valence-electron chi connectivity index (χ1n) is 15.5. The Kier molecular flexibility index (Phi) is 6.23. The predicted molar refractivity (Wildman–Crippen MR) is 175 cm³/mol. The van der Waals surface area contributed by atoms with E-state index in [-0.39, 0.29) is 5.41 Å². The van der Waals surface area contributed by atoms with Gasteiger partial charge < -0.3 is 9.30 Å². The van der Waals surface area contributed by atoms with Gasteiger partial charge in [-0.05, 0) is 46.5 Å². The molecule has 5 aromatic carbocycles. The van der Waals surface area contributed by atoms with Crippen LogP contribution in [-0.2, 0) is 20.5 Å². The van der Waals surface area contributed by atoms with Crippen LogP contribution in [-0.4, -0.2) is 0 Å². The van der Waals surface area contributed by atoms with Crippen molar-refractivity contribution in [3.8, 4) is 0 Å². The largest absolute Gasteiger partial charge is 0.344 e. The van der Waals surface area contributed by atoms with E-state index in [1.165, 1.54) is 28.7 Å². The molecule has 212 valence electrons. The zero-order valence-electron chi connectivity index (χ0n) is 24.2. The summed E-state index contributed by atoms with van der Waals surface area (Å²) in [6.07, 6.45) is 5.40. The Morgan fingerprint density at radius 2 is 1.00 bits per heavy atom. The van der Waals surface area contributed by atoms with Gasteiger partial charge in [-0.25, -0.2) is 0 Å². The van der Waals surface area contributed by atoms with Gasteiger partial charge in [0, 0.05) is 16.0 Å². The third-order valence-corrected chi connectivity index (χ3v) is 13.0. The van der Waals surface area contributed by atoms with Gasteiger partial charge in [0.1, 0.15) is 11.2 Å². The van der Waals surface area contributed by atoms with E-state index >= 15 is 4.57 Å². The summed E-state index contributed by atoms with van der Waals surface area (Å²) in [7, 11) is -3.23. The van der Waals surface area contributed by atoms with Crippen molar-refractivity contribution in [2.24, 2.45) is 5.41 Å². The molecule has 2 heterocycles. The number of benzene rings is 5. The van der Waals surface area contributed by atoms with E-state index in [0.717, 1.165) is 41.9 Å². The third-order valence-electron chi connectivity index (χ3n) is 10.2. The zero-order chi connectivity index (χ0) is 29.0. The van der Waals surface area contributed by atoms with Crippen LogP contribution in [0.1, 0.15) is 54.4 Å². The number of ether oxygens (including phenoxy) is 1. The van der Waals surface area contributed by atoms with E-state index in [4.69, 9.17) is 4.74 Å². The summed E-state index contributed by atoms with van der Waals surface area (Å²) < 4.78 is 23.7. The predicted octanol–water partition coefficient (Wildman–Crippen LogP) is 9.07. The maximum absolute atomic E-state index is 15.9. The lowest BCUT2D eigenvalue weighted by molar-refractivity contribution is -0.0811. The number of hydrogen-bond acceptors (Lipinski definition) is 2. The number of fused-ring (bicyclic) bond motifs is 6. The molecule has 3 heteroatoms. The first-order chi connectivity index (χ1) is 21.2. The van der Waals surface area contributed by atoms with Crippen LogP contribution >= 0.6 is 7.14 Å². The molecular weight excluding hydrogens is 543 g/mol. The first-order valence-corrected chi connectivity index (χ1v) is 17.3. The van der Waals surface area contributed by atoms with E-state index in [1.807, 2.05) is 60.7 Å². The summed E-state index contributed by atoms with van der Waals surface area (Å²) in [6.45, 7) is 0. The van der Waals surface area contributed by atoms with Crippen LogP contribution in [0.15, 0.2) is 157 Å². The average Bonchev–Trinajstić information content (AvgIpc) is 3.54. The summed E-state index contributed by atoms with van der Waals surface area (Å²) in [6, 6.07) is 50.5. The molecule has 2 bridgehead atoms. The fraction of sp³-hybridized carbons (Fsp3) is 0.200. The fourth-order valence-electron chi connectivity index (χ4n) is 8.50. The Hall–Kier alpha value is -3.97. The average molecular weight is 579 g/mol. The lowest BCUT2D eigenvalue weighted by atomic mass is 9.51. The monoisotopic (exact) mass is 578 g/mol. The normalized spacial score (nSPS) is 24.7. The second kappa shape index (κ2) is 10.1. The minimum Gasteiger partial charge on any atom is -0.344 e. The van der Waals surface area contributed by atoms with Gasteiger partial charge in [-0.15, -0.1) is 0 Å². The summed E-state index contributed by atoms with van der Waals surface area (Å²) in [4.78, 5) is 0. The molecule has 1 saturated carbocycles. The minimum absolute atomic E-state index is 0.351. The van der Waals surface area contributed by atoms with Crippen molar-refractivity contribution in [1.29, 1.82) is 0 Å². The Morgan fingerprint density at radius 1 is 0.535 bits per heavy atom. The first kappa shape index (κ1) is 26.6. The number of rotatable bonds is 5. The molecule has 0 unspecified atom stereocenters. The van der Waals surface area contributed by atoms with Crippen LogP contribution in [0, 0.1) is 5.41 Å². The summed E-state index contributed by atoms with van der Waals surface area (Å²) in [5.41, 5.74) is 3.97. The standard InChI is InChI=1S/C40H35O2P/c41-43(33-22-10-3-11-23-33,34-24-12-4-13-25-34)30-37-38(28-16-5-17-29-38)40(32-20-8-2-9-21-32)36-27-15-14-26-35(36)39(37,42-40)31-18-6-1-7-19-31/h1-4,6-15,18-27,30H,5,16-17,28-29H2/b37-30+/t39-,40+/m0/s1. The second-order valence-electron chi connectivity index (χ2n) is 12.3. The summed E-state index contributed by atoms with van der Waals surface area (Å²) >= 11 is 0. The molecule has 0 amide bonds. The molecule has 2 nitrogen and oxygen atoms in total. The topological polar surface area (TPSA) is 26.3 Å². The lowest BCUT2D eigenvalue weighted by Gasteiger charge is -2.50. The molecule has 8 rings (SSSR count). The van der Waals surface area contributed by atoms with Crippen molar-refractivity contribution >= 4 is 17.8 Å². The van der Waals surface area contributed by atoms with Crippen molar-refractivity contribution in [1.82, 2.24) is 0 Å². The van der Waals surface area contributed by atoms with E-state index < -0.39 is 18.3 Å². The highest BCUT2D eigenvalue weighted by Gasteiger charge is 2.75. The Labute approximate surface area is 254 Å². The molecule has 2 atom stereocenters. The minimum atomic E-state index is -3.23. The van der Waals surface area contributed by atoms with E-state index in [9.17, 15) is 0 Å². The van der Waals surface area contributed by atoms with Gasteiger partial charge in [0.2, 0.25) is 0 Å². The van der Waals surface area contributed by atoms with Gasteiger partial charge >= 0.3 is 0 Å². The Balaban J connectivity index is 1.54. The Morgan fingerprint density at radius 3 is 1.56 bits per heavy atom. The highest BCUT2D eigenvalue weighted by Crippen LogP contribution is 2.77. The SMILES string of the molecule is O=P(/C=C1\C2(CCCCC2)[C@]2(c3ccccc3)O[C@@]1(c1ccccc1)c1ccccc12)(c1ccccc1)c1ccccc1. The van der Waals surface area contributed by atoms with Gasteiger partial charge in [-0.3, -0.25) is 0 Å². The van der Waals surface area contributed by atoms with Crippen LogP contribution in [0.2, 0.25) is 0 Å². The van der Waals surface area contributed by atoms with Crippen LogP contribution in [0.3, 0.4) is 0 Å². The highest BCUT2D eigenvalue weighted by molar-refractivity contribution is 7.81. The molecule has 1 spiro atoms. The molecule has 0 aromatic heterocycles. The quantitative estimate of drug-likeness (QED) is 0.195. The highest BCUT2D eigenvalue weighted by atomic mass is 31.2. The van der Waals surface area contributed by atoms with Gasteiger partial charge in [-0.2, -0.15) is 0 Å². The molecule has 2 aliphatic heterocycles. The van der Waals surface area contributed by atoms with Crippen molar-refractivity contribution in [3.05, 3.63) is 179 Å². The molecule has 1 saturated heterocycles. The van der Waals surface area contributed by atoms with Crippen molar-refractivity contribution in [3.63, 3.8) is 0 Å². The van der Waals surface area contributed by atoms with E-state index in [1.54, 1.807) is 0 Å². The number of hydrogen-bond donors (Lipinski definition) is 0. The van der Waals surface area contributed by atoms with Crippen LogP contribution in [0.25, 0.3) is 0 Å². The van der Waals surface area contributed by atoms with Crippen molar-refractivity contribution < 1.29 is 9.30 Å². The molecule has 2 fully saturated rings. The van der Waals surface area contributed by atoms with E-state index in [0.29, 0.717) is 0 Å². The van der Waals surface area contributed by atoms with Gasteiger partial charge in [-0.1, -0.05) is 165 Å². The molecule has 43 heavy (non-hydrogen) atoms. The molecule has 1 aliphatic carbocycles. The maximum Gasteiger partial charge on any atom is 0.164 e. The van der Waals surface area contributed by atoms with Gasteiger partial charge in [0.15, 0.2) is 7.14 Å². The van der Waals surface area contributed by atoms with Crippen LogP contribution in [0.5, 0.6) is 0 Å². The van der Waals surface area contributed by atoms with Crippen LogP contribution in [0.4, 0.5) is 0 Å². The van der Waals surface area contributed by atoms with Gasteiger partial charge in [0.05, 0.1) is 0 Å². The van der Waals surface area contributed by atoms with Gasteiger partial charge in [0.25, 0.3) is 0 Å². The molecule has 0 radical (unpaired) electrons. The zero-order valence-corrected chi connectivity index (χ0v) is 25.1. The summed E-state index contributed by atoms with van der Waals surface area (Å²) in [5, 5.41) is 1.71. The Bertz CT molecular complexity index is 1800.